The average molecular weight is 653 g/mol. The number of rotatable bonds is 10. The lowest BCUT2D eigenvalue weighted by molar-refractivity contribution is -0.132. The van der Waals surface area contributed by atoms with Gasteiger partial charge in [0.05, 0.1) is 25.4 Å². The van der Waals surface area contributed by atoms with Gasteiger partial charge in [0.1, 0.15) is 17.5 Å². The highest BCUT2D eigenvalue weighted by Crippen LogP contribution is 2.37. The number of nitrogens with zero attached hydrogens (tertiary/aromatic N) is 3. The van der Waals surface area contributed by atoms with Gasteiger partial charge in [0.15, 0.2) is 23.1 Å². The van der Waals surface area contributed by atoms with Gasteiger partial charge in [-0.15, -0.1) is 0 Å². The first-order valence-electron chi connectivity index (χ1n) is 15.0. The lowest BCUT2D eigenvalue weighted by Gasteiger charge is -2.38. The Labute approximate surface area is 274 Å². The fraction of sp³-hybridized carbons (Fsp3) is 0.167. The van der Waals surface area contributed by atoms with Gasteiger partial charge in [-0.2, -0.15) is 0 Å². The molecule has 1 saturated heterocycles. The summed E-state index contributed by atoms with van der Waals surface area (Å²) in [4.78, 5) is 47.2. The van der Waals surface area contributed by atoms with Gasteiger partial charge in [-0.25, -0.2) is 18.5 Å². The zero-order chi connectivity index (χ0) is 33.8. The first-order chi connectivity index (χ1) is 23.2. The quantitative estimate of drug-likeness (QED) is 0.170. The monoisotopic (exact) mass is 652 g/mol. The fourth-order valence-corrected chi connectivity index (χ4v) is 5.43. The Morgan fingerprint density at radius 1 is 0.875 bits per heavy atom. The Morgan fingerprint density at radius 2 is 1.60 bits per heavy atom. The van der Waals surface area contributed by atoms with Crippen molar-refractivity contribution in [3.8, 4) is 23.0 Å². The van der Waals surface area contributed by atoms with Crippen LogP contribution in [0.25, 0.3) is 10.9 Å². The van der Waals surface area contributed by atoms with Crippen molar-refractivity contribution in [2.75, 3.05) is 37.5 Å². The van der Waals surface area contributed by atoms with Gasteiger partial charge in [-0.1, -0.05) is 30.3 Å². The molecular weight excluding hydrogens is 622 g/mol. The molecule has 0 spiro atoms. The largest absolute Gasteiger partial charge is 0.493 e. The van der Waals surface area contributed by atoms with E-state index in [2.05, 4.69) is 10.3 Å². The minimum absolute atomic E-state index is 0.0738. The molecule has 12 heteroatoms. The Hall–Kier alpha value is -6.04. The number of carbonyl (C=O) groups excluding carboxylic acids is 3. The minimum atomic E-state index is -1.32. The molecule has 1 aromatic heterocycles. The molecule has 6 rings (SSSR count). The molecule has 2 heterocycles. The number of methoxy groups -OCH3 is 2. The van der Waals surface area contributed by atoms with Crippen molar-refractivity contribution in [3.05, 3.63) is 114 Å². The molecule has 1 unspecified atom stereocenters. The zero-order valence-corrected chi connectivity index (χ0v) is 26.0. The number of anilines is 2. The second-order valence-electron chi connectivity index (χ2n) is 10.9. The molecule has 1 N–H and O–H groups in total. The van der Waals surface area contributed by atoms with E-state index < -0.39 is 35.4 Å². The average Bonchev–Trinajstić information content (AvgIpc) is 3.09. The molecule has 0 bridgehead atoms. The third-order valence-corrected chi connectivity index (χ3v) is 7.92. The number of pyridine rings is 1. The molecule has 1 aliphatic rings. The Bertz CT molecular complexity index is 1990. The summed E-state index contributed by atoms with van der Waals surface area (Å²) in [6.07, 6.45) is 1.99. The van der Waals surface area contributed by atoms with E-state index in [1.807, 2.05) is 30.3 Å². The van der Waals surface area contributed by atoms with E-state index >= 15 is 4.39 Å². The lowest BCUT2D eigenvalue weighted by atomic mass is 10.0. The third kappa shape index (κ3) is 6.59. The summed E-state index contributed by atoms with van der Waals surface area (Å²) in [6, 6.07) is 22.5. The summed E-state index contributed by atoms with van der Waals surface area (Å²) in [6.45, 7) is 0.0294. The standard InChI is InChI=1S/C36H30F2N4O6/c1-46-32-19-26-29(20-33(32)47-2)39-16-14-30(26)48-31-13-10-24(18-28(31)38)40-34(43)27-21-41(17-15-22-6-4-3-5-7-22)36(45)42(35(27)44)25-11-8-23(37)9-12-25/h3-14,16,18-20,27H,15,17,21H2,1-2H3,(H,40,43). The van der Waals surface area contributed by atoms with E-state index in [-0.39, 0.29) is 30.2 Å². The fourth-order valence-electron chi connectivity index (χ4n) is 5.43. The minimum Gasteiger partial charge on any atom is -0.493 e. The van der Waals surface area contributed by atoms with Gasteiger partial charge < -0.3 is 24.4 Å². The van der Waals surface area contributed by atoms with Crippen LogP contribution < -0.4 is 24.4 Å². The first kappa shape index (κ1) is 31.9. The number of benzene rings is 4. The SMILES string of the molecule is COc1cc2nccc(Oc3ccc(NC(=O)C4CN(CCc5ccccc5)C(=O)N(c5ccc(F)cc5)C4=O)cc3F)c2cc1OC. The van der Waals surface area contributed by atoms with Crippen LogP contribution in [0, 0.1) is 17.6 Å². The van der Waals surface area contributed by atoms with E-state index in [1.54, 1.807) is 18.2 Å². The third-order valence-electron chi connectivity index (χ3n) is 7.92. The van der Waals surface area contributed by atoms with E-state index in [9.17, 15) is 18.8 Å². The first-order valence-corrected chi connectivity index (χ1v) is 15.0. The summed E-state index contributed by atoms with van der Waals surface area (Å²) >= 11 is 0. The highest BCUT2D eigenvalue weighted by Gasteiger charge is 2.43. The van der Waals surface area contributed by atoms with Crippen LogP contribution in [0.5, 0.6) is 23.0 Å². The predicted octanol–water partition coefficient (Wildman–Crippen LogP) is 6.59. The molecule has 10 nitrogen and oxygen atoms in total. The number of ether oxygens (including phenoxy) is 3. The van der Waals surface area contributed by atoms with Crippen LogP contribution in [0.1, 0.15) is 5.56 Å². The molecule has 4 amide bonds. The summed E-state index contributed by atoms with van der Waals surface area (Å²) in [5, 5.41) is 3.16. The van der Waals surface area contributed by atoms with E-state index in [0.29, 0.717) is 34.6 Å². The van der Waals surface area contributed by atoms with Crippen LogP contribution in [0.4, 0.5) is 25.0 Å². The van der Waals surface area contributed by atoms with Gasteiger partial charge in [0.25, 0.3) is 0 Å². The number of halogens is 2. The van der Waals surface area contributed by atoms with Gasteiger partial charge in [0.2, 0.25) is 11.8 Å². The summed E-state index contributed by atoms with van der Waals surface area (Å²) in [7, 11) is 3.00. The number of hydrogen-bond acceptors (Lipinski definition) is 7. The number of amides is 4. The van der Waals surface area contributed by atoms with Crippen LogP contribution in [0.15, 0.2) is 97.2 Å². The summed E-state index contributed by atoms with van der Waals surface area (Å²) < 4.78 is 45.6. The lowest BCUT2D eigenvalue weighted by Crippen LogP contribution is -2.60. The highest BCUT2D eigenvalue weighted by atomic mass is 19.1. The molecule has 0 saturated carbocycles. The number of carbonyl (C=O) groups is 3. The number of imide groups is 1. The Kier molecular flexibility index (Phi) is 9.15. The zero-order valence-electron chi connectivity index (χ0n) is 26.0. The van der Waals surface area contributed by atoms with E-state index in [1.165, 1.54) is 49.6 Å². The number of aromatic nitrogens is 1. The molecule has 0 radical (unpaired) electrons. The second kappa shape index (κ2) is 13.8. The Morgan fingerprint density at radius 3 is 2.31 bits per heavy atom. The maximum atomic E-state index is 15.4. The number of hydrogen-bond donors (Lipinski definition) is 1. The number of fused-ring (bicyclic) bond motifs is 1. The normalized spacial score (nSPS) is 14.6. The van der Waals surface area contributed by atoms with Gasteiger partial charge in [-0.05, 0) is 60.5 Å². The van der Waals surface area contributed by atoms with Gasteiger partial charge in [-0.3, -0.25) is 14.6 Å². The maximum Gasteiger partial charge on any atom is 0.331 e. The molecule has 48 heavy (non-hydrogen) atoms. The predicted molar refractivity (Wildman–Crippen MR) is 174 cm³/mol. The van der Waals surface area contributed by atoms with Crippen molar-refractivity contribution in [2.24, 2.45) is 5.92 Å². The topological polar surface area (TPSA) is 110 Å². The molecule has 5 aromatic rings. The molecule has 1 fully saturated rings. The van der Waals surface area contributed by atoms with Crippen LogP contribution in [0.2, 0.25) is 0 Å². The highest BCUT2D eigenvalue weighted by molar-refractivity contribution is 6.23. The van der Waals surface area contributed by atoms with Gasteiger partial charge in [0, 0.05) is 42.5 Å². The molecule has 1 atom stereocenters. The molecule has 4 aromatic carbocycles. The van der Waals surface area contributed by atoms with E-state index in [0.717, 1.165) is 28.7 Å². The van der Waals surface area contributed by atoms with Crippen molar-refractivity contribution in [2.45, 2.75) is 6.42 Å². The van der Waals surface area contributed by atoms with Crippen LogP contribution in [0.3, 0.4) is 0 Å². The maximum absolute atomic E-state index is 15.4. The smallest absolute Gasteiger partial charge is 0.331 e. The molecule has 1 aliphatic heterocycles. The Balaban J connectivity index is 1.22. The summed E-state index contributed by atoms with van der Waals surface area (Å²) in [5.74, 6) is -3.06. The van der Waals surface area contributed by atoms with Crippen molar-refractivity contribution >= 4 is 40.1 Å². The van der Waals surface area contributed by atoms with E-state index in [4.69, 9.17) is 14.2 Å². The van der Waals surface area contributed by atoms with Crippen LogP contribution in [-0.2, 0) is 16.0 Å². The van der Waals surface area contributed by atoms with Crippen LogP contribution >= 0.6 is 0 Å². The van der Waals surface area contributed by atoms with Crippen molar-refractivity contribution in [1.29, 1.82) is 0 Å². The molecule has 0 aliphatic carbocycles. The van der Waals surface area contributed by atoms with Gasteiger partial charge >= 0.3 is 6.03 Å². The molecular formula is C36H30F2N4O6. The summed E-state index contributed by atoms with van der Waals surface area (Å²) in [5.41, 5.74) is 1.70. The molecule has 244 valence electrons. The van der Waals surface area contributed by atoms with Crippen molar-refractivity contribution < 1.29 is 37.4 Å². The van der Waals surface area contributed by atoms with Crippen LogP contribution in [-0.4, -0.2) is 55.0 Å². The van der Waals surface area contributed by atoms with Crippen molar-refractivity contribution in [3.63, 3.8) is 0 Å². The second-order valence-corrected chi connectivity index (χ2v) is 10.9. The number of nitrogens with one attached hydrogen (secondary N) is 1. The van der Waals surface area contributed by atoms with Crippen molar-refractivity contribution in [1.82, 2.24) is 9.88 Å². The number of urea groups is 1.